The molecule has 2 aliphatic heterocycles. The first kappa shape index (κ1) is 19.3. The van der Waals surface area contributed by atoms with E-state index in [9.17, 15) is 9.59 Å². The first-order valence-electron chi connectivity index (χ1n) is 8.14. The number of carbonyl (C=O) groups excluding carboxylic acids is 2. The van der Waals surface area contributed by atoms with Crippen molar-refractivity contribution in [3.63, 3.8) is 0 Å². The van der Waals surface area contributed by atoms with Crippen LogP contribution in [0.3, 0.4) is 0 Å². The molecule has 8 heteroatoms. The predicted octanol–water partition coefficient (Wildman–Crippen LogP) is 2.98. The average Bonchev–Trinajstić information content (AvgIpc) is 3.12. The lowest BCUT2D eigenvalue weighted by Crippen LogP contribution is -2.27. The zero-order chi connectivity index (χ0) is 19.4. The molecule has 0 aromatic heterocycles. The normalized spacial score (nSPS) is 17.2. The number of esters is 2. The van der Waals surface area contributed by atoms with Gasteiger partial charge in [-0.15, -0.1) is 0 Å². The Kier molecular flexibility index (Phi) is 6.10. The fourth-order valence-corrected chi connectivity index (χ4v) is 3.29. The average molecular weight is 436 g/mol. The zero-order valence-corrected chi connectivity index (χ0v) is 16.4. The summed E-state index contributed by atoms with van der Waals surface area (Å²) >= 11 is 3.48. The monoisotopic (exact) mass is 435 g/mol. The number of allylic oxidation sites excluding steroid dienone is 2. The van der Waals surface area contributed by atoms with Gasteiger partial charge in [-0.05, 0) is 30.4 Å². The van der Waals surface area contributed by atoms with Crippen molar-refractivity contribution in [3.8, 4) is 0 Å². The topological polar surface area (TPSA) is 74.3 Å². The second-order valence-corrected chi connectivity index (χ2v) is 6.55. The fourth-order valence-electron chi connectivity index (χ4n) is 2.79. The third kappa shape index (κ3) is 4.13. The highest BCUT2D eigenvalue weighted by Gasteiger charge is 2.28. The first-order valence-corrected chi connectivity index (χ1v) is 8.93. The smallest absolute Gasteiger partial charge is 0.355 e. The molecule has 1 fully saturated rings. The summed E-state index contributed by atoms with van der Waals surface area (Å²) < 4.78 is 21.6. The number of methoxy groups -OCH3 is 2. The summed E-state index contributed by atoms with van der Waals surface area (Å²) in [6.45, 7) is 1.03. The second-order valence-electron chi connectivity index (χ2n) is 5.63. The lowest BCUT2D eigenvalue weighted by Gasteiger charge is -2.24. The summed E-state index contributed by atoms with van der Waals surface area (Å²) in [4.78, 5) is 26.3. The van der Waals surface area contributed by atoms with Crippen molar-refractivity contribution in [1.29, 1.82) is 0 Å². The molecular formula is C19H18BrNO6. The summed E-state index contributed by atoms with van der Waals surface area (Å²) in [5, 5.41) is 0. The molecule has 1 aromatic carbocycles. The van der Waals surface area contributed by atoms with Crippen LogP contribution in [0.1, 0.15) is 11.9 Å². The van der Waals surface area contributed by atoms with Crippen LogP contribution in [0.25, 0.3) is 0 Å². The summed E-state index contributed by atoms with van der Waals surface area (Å²) in [7, 11) is 2.51. The fraction of sp³-hybridized carbons (Fsp3) is 0.263. The van der Waals surface area contributed by atoms with Crippen molar-refractivity contribution in [3.05, 3.63) is 63.9 Å². The molecule has 27 heavy (non-hydrogen) atoms. The quantitative estimate of drug-likeness (QED) is 0.672. The number of nitrogens with zero attached hydrogens (tertiary/aromatic N) is 1. The number of halogens is 1. The van der Waals surface area contributed by atoms with Crippen molar-refractivity contribution in [1.82, 2.24) is 0 Å². The summed E-state index contributed by atoms with van der Waals surface area (Å²) in [6, 6.07) is 5.52. The molecule has 0 amide bonds. The summed E-state index contributed by atoms with van der Waals surface area (Å²) in [6.07, 6.45) is 6.05. The third-order valence-corrected chi connectivity index (χ3v) is 4.42. The molecule has 7 nitrogen and oxygen atoms in total. The second kappa shape index (κ2) is 8.51. The number of hydrogen-bond acceptors (Lipinski definition) is 7. The van der Waals surface area contributed by atoms with Crippen molar-refractivity contribution in [2.45, 2.75) is 6.29 Å². The van der Waals surface area contributed by atoms with Gasteiger partial charge in [0.2, 0.25) is 0 Å². The Bertz CT molecular complexity index is 839. The maximum Gasteiger partial charge on any atom is 0.355 e. The molecule has 0 N–H and O–H groups in total. The Labute approximate surface area is 164 Å². The Morgan fingerprint density at radius 3 is 2.44 bits per heavy atom. The number of rotatable bonds is 4. The highest BCUT2D eigenvalue weighted by atomic mass is 79.9. The highest BCUT2D eigenvalue weighted by molar-refractivity contribution is 9.10. The van der Waals surface area contributed by atoms with Gasteiger partial charge in [-0.25, -0.2) is 9.59 Å². The molecule has 1 saturated heterocycles. The summed E-state index contributed by atoms with van der Waals surface area (Å²) in [5.41, 5.74) is 1.54. The van der Waals surface area contributed by atoms with Crippen LogP contribution in [-0.2, 0) is 28.5 Å². The van der Waals surface area contributed by atoms with E-state index in [2.05, 4.69) is 15.9 Å². The summed E-state index contributed by atoms with van der Waals surface area (Å²) in [5.74, 6) is -1.31. The molecular weight excluding hydrogens is 418 g/mol. The zero-order valence-electron chi connectivity index (χ0n) is 14.8. The molecule has 2 heterocycles. The molecule has 3 rings (SSSR count). The lowest BCUT2D eigenvalue weighted by molar-refractivity contribution is -0.139. The van der Waals surface area contributed by atoms with E-state index in [0.717, 1.165) is 10.0 Å². The number of anilines is 1. The van der Waals surface area contributed by atoms with Gasteiger partial charge in [-0.1, -0.05) is 22.0 Å². The number of carbonyl (C=O) groups is 2. The van der Waals surface area contributed by atoms with Gasteiger partial charge in [0.15, 0.2) is 6.29 Å². The van der Waals surface area contributed by atoms with Crippen LogP contribution >= 0.6 is 15.9 Å². The van der Waals surface area contributed by atoms with Gasteiger partial charge < -0.3 is 23.8 Å². The number of benzene rings is 1. The van der Waals surface area contributed by atoms with Gasteiger partial charge in [0.1, 0.15) is 5.70 Å². The van der Waals surface area contributed by atoms with Gasteiger partial charge in [-0.2, -0.15) is 0 Å². The van der Waals surface area contributed by atoms with Crippen molar-refractivity contribution in [2.24, 2.45) is 0 Å². The number of ether oxygens (including phenoxy) is 4. The molecule has 2 aliphatic rings. The Morgan fingerprint density at radius 2 is 1.78 bits per heavy atom. The Balaban J connectivity index is 2.12. The van der Waals surface area contributed by atoms with E-state index in [0.29, 0.717) is 18.9 Å². The predicted molar refractivity (Wildman–Crippen MR) is 101 cm³/mol. The van der Waals surface area contributed by atoms with Crippen molar-refractivity contribution in [2.75, 3.05) is 32.3 Å². The lowest BCUT2D eigenvalue weighted by atomic mass is 10.1. The first-order chi connectivity index (χ1) is 13.0. The molecule has 0 aliphatic carbocycles. The number of hydrogen-bond donors (Lipinski definition) is 0. The van der Waals surface area contributed by atoms with Crippen LogP contribution in [0.2, 0.25) is 0 Å². The van der Waals surface area contributed by atoms with Crippen molar-refractivity contribution >= 4 is 33.6 Å². The van der Waals surface area contributed by atoms with Crippen LogP contribution < -0.4 is 4.90 Å². The molecule has 0 bridgehead atoms. The van der Waals surface area contributed by atoms with Crippen LogP contribution in [0.15, 0.2) is 58.4 Å². The minimum atomic E-state index is -0.665. The highest BCUT2D eigenvalue weighted by Crippen LogP contribution is 2.33. The Morgan fingerprint density at radius 1 is 1.07 bits per heavy atom. The maximum atomic E-state index is 12.5. The van der Waals surface area contributed by atoms with E-state index in [1.54, 1.807) is 23.3 Å². The SMILES string of the molecule is COC(=O)C1=C(C(=O)OC)N(c2cc(Br)cc(C3OCCO3)c2)C=CC=C1. The molecule has 0 atom stereocenters. The van der Waals surface area contributed by atoms with E-state index in [1.807, 2.05) is 18.2 Å². The van der Waals surface area contributed by atoms with Gasteiger partial charge in [0, 0.05) is 21.9 Å². The molecule has 0 saturated carbocycles. The van der Waals surface area contributed by atoms with Crippen molar-refractivity contribution < 1.29 is 28.5 Å². The molecule has 0 radical (unpaired) electrons. The molecule has 0 unspecified atom stereocenters. The van der Waals surface area contributed by atoms with Gasteiger partial charge in [-0.3, -0.25) is 0 Å². The van der Waals surface area contributed by atoms with Gasteiger partial charge >= 0.3 is 11.9 Å². The van der Waals surface area contributed by atoms with E-state index in [1.165, 1.54) is 20.3 Å². The van der Waals surface area contributed by atoms with Gasteiger partial charge in [0.25, 0.3) is 0 Å². The minimum Gasteiger partial charge on any atom is -0.465 e. The third-order valence-electron chi connectivity index (χ3n) is 3.97. The Hall–Kier alpha value is -2.42. The van der Waals surface area contributed by atoms with Gasteiger partial charge in [0.05, 0.1) is 33.0 Å². The van der Waals surface area contributed by atoms with E-state index >= 15 is 0 Å². The van der Waals surface area contributed by atoms with E-state index in [-0.39, 0.29) is 11.3 Å². The van der Waals surface area contributed by atoms with Crippen LogP contribution in [0.4, 0.5) is 5.69 Å². The minimum absolute atomic E-state index is 0.0478. The van der Waals surface area contributed by atoms with E-state index < -0.39 is 18.2 Å². The van der Waals surface area contributed by atoms with Crippen LogP contribution in [-0.4, -0.2) is 39.4 Å². The maximum absolute atomic E-state index is 12.5. The molecule has 0 spiro atoms. The van der Waals surface area contributed by atoms with Crippen LogP contribution in [0.5, 0.6) is 0 Å². The molecule has 1 aromatic rings. The largest absolute Gasteiger partial charge is 0.465 e. The molecule has 142 valence electrons. The van der Waals surface area contributed by atoms with Crippen LogP contribution in [0, 0.1) is 0 Å². The van der Waals surface area contributed by atoms with E-state index in [4.69, 9.17) is 18.9 Å². The standard InChI is InChI=1S/C19H18BrNO6/c1-24-17(22)15-5-3-4-6-21(16(15)18(23)25-2)14-10-12(9-13(20)11-14)19-26-7-8-27-19/h3-6,9-11,19H,7-8H2,1-2H3.